The molecule has 2 rings (SSSR count). The van der Waals surface area contributed by atoms with Gasteiger partial charge < -0.3 is 15.7 Å². The minimum Gasteiger partial charge on any atom is -0.379 e. The number of nitrogens with one attached hydrogen (secondary N) is 2. The van der Waals surface area contributed by atoms with Gasteiger partial charge in [-0.05, 0) is 6.92 Å². The number of aromatic nitrogens is 2. The highest BCUT2D eigenvalue weighted by molar-refractivity contribution is 5.98. The van der Waals surface area contributed by atoms with E-state index < -0.39 is 24.1 Å². The van der Waals surface area contributed by atoms with Crippen LogP contribution in [0.4, 0.5) is 5.82 Å². The number of carbonyl (C=O) groups excluding carboxylic acids is 2. The molecule has 1 aliphatic rings. The first-order valence-corrected chi connectivity index (χ1v) is 4.87. The van der Waals surface area contributed by atoms with Crippen LogP contribution in [0.1, 0.15) is 29.2 Å². The normalized spacial score (nSPS) is 19.9. The molecule has 1 amide bonds. The molecule has 90 valence electrons. The summed E-state index contributed by atoms with van der Waals surface area (Å²) in [7, 11) is 0. The summed E-state index contributed by atoms with van der Waals surface area (Å²) in [6.45, 7) is 1.22. The molecule has 1 aromatic heterocycles. The molecule has 0 aliphatic carbocycles. The molecule has 0 saturated carbocycles. The van der Waals surface area contributed by atoms with Gasteiger partial charge in [-0.25, -0.2) is 9.97 Å². The van der Waals surface area contributed by atoms with Crippen LogP contribution in [-0.4, -0.2) is 33.1 Å². The molecule has 0 spiro atoms. The van der Waals surface area contributed by atoms with E-state index in [0.717, 1.165) is 0 Å². The maximum absolute atomic E-state index is 11.5. The number of Topliss-reactive ketones (excluding diaryl/α,β-unsaturated/α-hetero) is 1. The quantitative estimate of drug-likeness (QED) is 0.492. The Morgan fingerprint density at radius 1 is 1.59 bits per heavy atom. The highest BCUT2D eigenvalue weighted by atomic mass is 16.3. The van der Waals surface area contributed by atoms with Crippen molar-refractivity contribution in [2.24, 2.45) is 5.73 Å². The standard InChI is InChI=1S/C9H11N5O3/c1-3(15)6(16)4-2-11-7-5(12-4)8(17)14-9(10)13-7/h2,6,9,16H,10H2,1H3,(H,11,13)(H,14,17). The molecular formula is C9H11N5O3. The molecular weight excluding hydrogens is 226 g/mol. The number of amides is 1. The first kappa shape index (κ1) is 11.4. The minimum absolute atomic E-state index is 0.00417. The van der Waals surface area contributed by atoms with Crippen LogP contribution in [0.25, 0.3) is 0 Å². The lowest BCUT2D eigenvalue weighted by Gasteiger charge is -2.23. The third-order valence-corrected chi connectivity index (χ3v) is 2.25. The number of aliphatic hydroxyl groups excluding tert-OH is 1. The second kappa shape index (κ2) is 4.07. The maximum Gasteiger partial charge on any atom is 0.276 e. The summed E-state index contributed by atoms with van der Waals surface area (Å²) in [5.41, 5.74) is 5.51. The summed E-state index contributed by atoms with van der Waals surface area (Å²) in [5, 5.41) is 14.6. The summed E-state index contributed by atoms with van der Waals surface area (Å²) in [4.78, 5) is 30.3. The first-order valence-electron chi connectivity index (χ1n) is 4.87. The second-order valence-corrected chi connectivity index (χ2v) is 3.60. The van der Waals surface area contributed by atoms with Crippen LogP contribution in [-0.2, 0) is 4.79 Å². The molecule has 0 bridgehead atoms. The Morgan fingerprint density at radius 2 is 2.29 bits per heavy atom. The van der Waals surface area contributed by atoms with Crippen LogP contribution in [0.15, 0.2) is 6.20 Å². The lowest BCUT2D eigenvalue weighted by molar-refractivity contribution is -0.125. The van der Waals surface area contributed by atoms with E-state index in [1.807, 2.05) is 0 Å². The van der Waals surface area contributed by atoms with Crippen molar-refractivity contribution in [3.05, 3.63) is 17.6 Å². The molecule has 0 aromatic carbocycles. The second-order valence-electron chi connectivity index (χ2n) is 3.60. The van der Waals surface area contributed by atoms with E-state index in [0.29, 0.717) is 0 Å². The third kappa shape index (κ3) is 2.08. The summed E-state index contributed by atoms with van der Waals surface area (Å²) in [6, 6.07) is 0. The average molecular weight is 237 g/mol. The Hall–Kier alpha value is -2.06. The molecule has 0 saturated heterocycles. The predicted octanol–water partition coefficient (Wildman–Crippen LogP) is -1.50. The number of fused-ring (bicyclic) bond motifs is 1. The number of nitrogens with zero attached hydrogens (tertiary/aromatic N) is 2. The molecule has 2 unspecified atom stereocenters. The van der Waals surface area contributed by atoms with Crippen LogP contribution >= 0.6 is 0 Å². The van der Waals surface area contributed by atoms with Crippen molar-refractivity contribution in [1.29, 1.82) is 0 Å². The van der Waals surface area contributed by atoms with Crippen LogP contribution in [0.3, 0.4) is 0 Å². The Balaban J connectivity index is 2.40. The predicted molar refractivity (Wildman–Crippen MR) is 56.7 cm³/mol. The van der Waals surface area contributed by atoms with Crippen LogP contribution in [0.2, 0.25) is 0 Å². The van der Waals surface area contributed by atoms with E-state index in [4.69, 9.17) is 5.73 Å². The number of nitrogens with two attached hydrogens (primary N) is 1. The zero-order chi connectivity index (χ0) is 12.6. The van der Waals surface area contributed by atoms with Crippen molar-refractivity contribution in [3.8, 4) is 0 Å². The molecule has 2 heterocycles. The van der Waals surface area contributed by atoms with E-state index in [-0.39, 0.29) is 17.2 Å². The molecule has 2 atom stereocenters. The number of ketones is 1. The fourth-order valence-corrected chi connectivity index (χ4v) is 1.40. The highest BCUT2D eigenvalue weighted by Gasteiger charge is 2.26. The summed E-state index contributed by atoms with van der Waals surface area (Å²) in [5.74, 6) is -0.753. The van der Waals surface area contributed by atoms with E-state index in [1.165, 1.54) is 13.1 Å². The van der Waals surface area contributed by atoms with Crippen molar-refractivity contribution < 1.29 is 14.7 Å². The van der Waals surface area contributed by atoms with Crippen LogP contribution in [0.5, 0.6) is 0 Å². The van der Waals surface area contributed by atoms with Gasteiger partial charge in [-0.15, -0.1) is 0 Å². The Labute approximate surface area is 96.2 Å². The number of aliphatic hydroxyl groups is 1. The van der Waals surface area contributed by atoms with Gasteiger partial charge >= 0.3 is 0 Å². The van der Waals surface area contributed by atoms with Gasteiger partial charge in [-0.2, -0.15) is 0 Å². The summed E-state index contributed by atoms with van der Waals surface area (Å²) >= 11 is 0. The van der Waals surface area contributed by atoms with E-state index >= 15 is 0 Å². The van der Waals surface area contributed by atoms with Crippen molar-refractivity contribution in [3.63, 3.8) is 0 Å². The Bertz CT molecular complexity index is 490. The van der Waals surface area contributed by atoms with Crippen LogP contribution < -0.4 is 16.4 Å². The van der Waals surface area contributed by atoms with E-state index in [1.54, 1.807) is 0 Å². The lowest BCUT2D eigenvalue weighted by atomic mass is 10.2. The van der Waals surface area contributed by atoms with Gasteiger partial charge in [0.15, 0.2) is 29.7 Å². The molecule has 8 heteroatoms. The van der Waals surface area contributed by atoms with Gasteiger partial charge in [0.25, 0.3) is 5.91 Å². The van der Waals surface area contributed by atoms with Crippen molar-refractivity contribution in [2.75, 3.05) is 5.32 Å². The van der Waals surface area contributed by atoms with Gasteiger partial charge in [0, 0.05) is 0 Å². The smallest absolute Gasteiger partial charge is 0.276 e. The number of anilines is 1. The number of hydrogen-bond donors (Lipinski definition) is 4. The van der Waals surface area contributed by atoms with Gasteiger partial charge in [-0.3, -0.25) is 15.3 Å². The topological polar surface area (TPSA) is 130 Å². The lowest BCUT2D eigenvalue weighted by Crippen LogP contribution is -2.51. The molecule has 0 fully saturated rings. The molecule has 17 heavy (non-hydrogen) atoms. The third-order valence-electron chi connectivity index (χ3n) is 2.25. The van der Waals surface area contributed by atoms with Crippen LogP contribution in [0, 0.1) is 0 Å². The zero-order valence-electron chi connectivity index (χ0n) is 8.97. The van der Waals surface area contributed by atoms with Crippen molar-refractivity contribution >= 4 is 17.5 Å². The van der Waals surface area contributed by atoms with Crippen molar-refractivity contribution in [1.82, 2.24) is 15.3 Å². The summed E-state index contributed by atoms with van der Waals surface area (Å²) < 4.78 is 0. The molecule has 1 aliphatic heterocycles. The number of carbonyl (C=O) groups is 2. The average Bonchev–Trinajstić information content (AvgIpc) is 2.27. The molecule has 0 radical (unpaired) electrons. The monoisotopic (exact) mass is 237 g/mol. The molecule has 8 nitrogen and oxygen atoms in total. The van der Waals surface area contributed by atoms with Gasteiger partial charge in [0.2, 0.25) is 0 Å². The van der Waals surface area contributed by atoms with Gasteiger partial charge in [0.1, 0.15) is 0 Å². The largest absolute Gasteiger partial charge is 0.379 e. The van der Waals surface area contributed by atoms with Gasteiger partial charge in [0.05, 0.1) is 11.9 Å². The minimum atomic E-state index is -1.38. The SMILES string of the molecule is CC(=O)C(O)c1cnc2c(n1)C(=O)NC(N)N2. The fourth-order valence-electron chi connectivity index (χ4n) is 1.40. The summed E-state index contributed by atoms with van der Waals surface area (Å²) in [6.07, 6.45) is -0.882. The molecule has 1 aromatic rings. The molecule has 5 N–H and O–H groups in total. The zero-order valence-corrected chi connectivity index (χ0v) is 8.97. The van der Waals surface area contributed by atoms with E-state index in [2.05, 4.69) is 20.6 Å². The Morgan fingerprint density at radius 3 is 2.94 bits per heavy atom. The maximum atomic E-state index is 11.5. The van der Waals surface area contributed by atoms with E-state index in [9.17, 15) is 14.7 Å². The van der Waals surface area contributed by atoms with Crippen molar-refractivity contribution in [2.45, 2.75) is 19.3 Å². The Kier molecular flexibility index (Phi) is 2.74. The number of rotatable bonds is 2. The first-order chi connectivity index (χ1) is 7.99. The number of hydrogen-bond acceptors (Lipinski definition) is 7. The van der Waals surface area contributed by atoms with Gasteiger partial charge in [-0.1, -0.05) is 0 Å². The fraction of sp³-hybridized carbons (Fsp3) is 0.333. The highest BCUT2D eigenvalue weighted by Crippen LogP contribution is 2.18.